The van der Waals surface area contributed by atoms with Gasteiger partial charge in [-0.2, -0.15) is 0 Å². The summed E-state index contributed by atoms with van der Waals surface area (Å²) in [7, 11) is 1.68. The van der Waals surface area contributed by atoms with Crippen LogP contribution in [0.15, 0.2) is 42.5 Å². The third-order valence-corrected chi connectivity index (χ3v) is 5.87. The highest BCUT2D eigenvalue weighted by Gasteiger charge is 2.41. The number of aliphatic hydroxyl groups is 1. The van der Waals surface area contributed by atoms with Gasteiger partial charge in [0.25, 0.3) is 0 Å². The summed E-state index contributed by atoms with van der Waals surface area (Å²) in [5.41, 5.74) is 0.290. The molecule has 0 radical (unpaired) electrons. The van der Waals surface area contributed by atoms with Gasteiger partial charge in [0.05, 0.1) is 5.60 Å². The van der Waals surface area contributed by atoms with E-state index in [1.54, 1.807) is 13.2 Å². The molecule has 2 aromatic carbocycles. The number of rotatable bonds is 9. The molecular weight excluding hydrogens is 369 g/mol. The van der Waals surface area contributed by atoms with E-state index in [-0.39, 0.29) is 11.7 Å². The summed E-state index contributed by atoms with van der Waals surface area (Å²) in [6.07, 6.45) is 4.07. The molecule has 0 aromatic heterocycles. The number of ether oxygens (including phenoxy) is 2. The maximum absolute atomic E-state index is 14.9. The SMILES string of the molecule is COCCCC[C@@](O)(c1cccc(F)c1Oc1ccccc1C)C1CCCNC1. The molecule has 3 rings (SSSR count). The molecule has 2 N–H and O–H groups in total. The maximum atomic E-state index is 14.9. The van der Waals surface area contributed by atoms with Gasteiger partial charge in [-0.1, -0.05) is 30.3 Å². The van der Waals surface area contributed by atoms with Crippen molar-refractivity contribution in [3.8, 4) is 11.5 Å². The lowest BCUT2D eigenvalue weighted by atomic mass is 9.74. The number of methoxy groups -OCH3 is 1. The van der Waals surface area contributed by atoms with Crippen LogP contribution in [0, 0.1) is 18.7 Å². The van der Waals surface area contributed by atoms with Crippen LogP contribution >= 0.6 is 0 Å². The zero-order valence-corrected chi connectivity index (χ0v) is 17.4. The number of nitrogens with one attached hydrogen (secondary N) is 1. The molecule has 0 bridgehead atoms. The molecule has 0 amide bonds. The van der Waals surface area contributed by atoms with Gasteiger partial charge in [-0.25, -0.2) is 4.39 Å². The average molecular weight is 402 g/mol. The highest BCUT2D eigenvalue weighted by molar-refractivity contribution is 5.44. The number of hydrogen-bond acceptors (Lipinski definition) is 4. The van der Waals surface area contributed by atoms with Gasteiger partial charge in [-0.15, -0.1) is 0 Å². The summed E-state index contributed by atoms with van der Waals surface area (Å²) in [6.45, 7) is 4.24. The summed E-state index contributed by atoms with van der Waals surface area (Å²) in [6, 6.07) is 12.4. The van der Waals surface area contributed by atoms with E-state index in [2.05, 4.69) is 5.32 Å². The van der Waals surface area contributed by atoms with Gasteiger partial charge in [-0.05, 0) is 63.3 Å². The fraction of sp³-hybridized carbons (Fsp3) is 0.500. The molecule has 0 saturated carbocycles. The number of halogens is 1. The molecule has 0 aliphatic carbocycles. The maximum Gasteiger partial charge on any atom is 0.169 e. The van der Waals surface area contributed by atoms with Gasteiger partial charge in [0.2, 0.25) is 0 Å². The largest absolute Gasteiger partial charge is 0.454 e. The van der Waals surface area contributed by atoms with Crippen molar-refractivity contribution in [2.45, 2.75) is 44.6 Å². The Morgan fingerprint density at radius 3 is 2.72 bits per heavy atom. The molecule has 1 saturated heterocycles. The van der Waals surface area contributed by atoms with Crippen LogP contribution in [0.5, 0.6) is 11.5 Å². The van der Waals surface area contributed by atoms with Crippen molar-refractivity contribution in [3.05, 3.63) is 59.4 Å². The summed E-state index contributed by atoms with van der Waals surface area (Å²) in [5.74, 6) is 0.272. The summed E-state index contributed by atoms with van der Waals surface area (Å²) < 4.78 is 26.2. The molecule has 4 nitrogen and oxygen atoms in total. The van der Waals surface area contributed by atoms with Gasteiger partial charge in [0.1, 0.15) is 5.75 Å². The second-order valence-corrected chi connectivity index (χ2v) is 7.90. The third kappa shape index (κ3) is 5.16. The number of para-hydroxylation sites is 2. The van der Waals surface area contributed by atoms with Gasteiger partial charge < -0.3 is 19.9 Å². The fourth-order valence-corrected chi connectivity index (χ4v) is 4.19. The Morgan fingerprint density at radius 2 is 2.00 bits per heavy atom. The van der Waals surface area contributed by atoms with Crippen LogP contribution in [0.2, 0.25) is 0 Å². The Morgan fingerprint density at radius 1 is 1.17 bits per heavy atom. The molecule has 1 fully saturated rings. The first-order chi connectivity index (χ1) is 14.1. The fourth-order valence-electron chi connectivity index (χ4n) is 4.19. The minimum Gasteiger partial charge on any atom is -0.454 e. The van der Waals surface area contributed by atoms with Gasteiger partial charge in [-0.3, -0.25) is 0 Å². The average Bonchev–Trinajstić information content (AvgIpc) is 2.74. The molecule has 5 heteroatoms. The molecule has 0 spiro atoms. The first kappa shape index (κ1) is 21.8. The lowest BCUT2D eigenvalue weighted by Gasteiger charge is -2.40. The zero-order chi connectivity index (χ0) is 20.7. The molecule has 1 aliphatic rings. The van der Waals surface area contributed by atoms with Crippen molar-refractivity contribution in [1.29, 1.82) is 0 Å². The smallest absolute Gasteiger partial charge is 0.169 e. The second kappa shape index (κ2) is 10.2. The second-order valence-electron chi connectivity index (χ2n) is 7.90. The number of aryl methyl sites for hydroxylation is 1. The Hall–Kier alpha value is -1.95. The molecule has 2 atom stereocenters. The summed E-state index contributed by atoms with van der Waals surface area (Å²) in [4.78, 5) is 0. The van der Waals surface area contributed by atoms with Crippen LogP contribution in [0.4, 0.5) is 4.39 Å². The molecule has 1 aliphatic heterocycles. The van der Waals surface area contributed by atoms with Gasteiger partial charge in [0.15, 0.2) is 11.6 Å². The van der Waals surface area contributed by atoms with Crippen LogP contribution in [0.1, 0.15) is 43.2 Å². The normalized spacial score (nSPS) is 19.0. The topological polar surface area (TPSA) is 50.7 Å². The van der Waals surface area contributed by atoms with E-state index in [1.807, 2.05) is 37.3 Å². The Balaban J connectivity index is 1.98. The molecule has 1 heterocycles. The Bertz CT molecular complexity index is 791. The minimum atomic E-state index is -1.17. The van der Waals surface area contributed by atoms with Crippen LogP contribution < -0.4 is 10.1 Å². The number of hydrogen-bond donors (Lipinski definition) is 2. The van der Waals surface area contributed by atoms with Crippen molar-refractivity contribution in [2.75, 3.05) is 26.8 Å². The van der Waals surface area contributed by atoms with Crippen LogP contribution in [-0.2, 0) is 10.3 Å². The van der Waals surface area contributed by atoms with Gasteiger partial charge in [0, 0.05) is 31.7 Å². The first-order valence-electron chi connectivity index (χ1n) is 10.5. The molecule has 1 unspecified atom stereocenters. The van der Waals surface area contributed by atoms with E-state index in [0.717, 1.165) is 37.8 Å². The van der Waals surface area contributed by atoms with E-state index >= 15 is 0 Å². The molecule has 2 aromatic rings. The van der Waals surface area contributed by atoms with Crippen molar-refractivity contribution in [2.24, 2.45) is 5.92 Å². The molecule has 29 heavy (non-hydrogen) atoms. The third-order valence-electron chi connectivity index (χ3n) is 5.87. The minimum absolute atomic E-state index is 0.000171. The van der Waals surface area contributed by atoms with Crippen LogP contribution in [-0.4, -0.2) is 31.9 Å². The summed E-state index contributed by atoms with van der Waals surface area (Å²) >= 11 is 0. The first-order valence-corrected chi connectivity index (χ1v) is 10.5. The number of unbranched alkanes of at least 4 members (excludes halogenated alkanes) is 1. The van der Waals surface area contributed by atoms with E-state index in [1.165, 1.54) is 6.07 Å². The lowest BCUT2D eigenvalue weighted by molar-refractivity contribution is -0.0450. The zero-order valence-electron chi connectivity index (χ0n) is 17.4. The lowest BCUT2D eigenvalue weighted by Crippen LogP contribution is -2.44. The van der Waals surface area contributed by atoms with Crippen molar-refractivity contribution < 1.29 is 19.0 Å². The van der Waals surface area contributed by atoms with Crippen LogP contribution in [0.25, 0.3) is 0 Å². The Labute approximate surface area is 173 Å². The predicted octanol–water partition coefficient (Wildman–Crippen LogP) is 4.93. The highest BCUT2D eigenvalue weighted by Crippen LogP contribution is 2.44. The standard InChI is InChI=1S/C24H32FNO3/c1-18-9-3-4-13-22(18)29-23-20(11-7-12-21(23)25)24(27,14-5-6-16-28-2)19-10-8-15-26-17-19/h3-4,7,9,11-13,19,26-27H,5-6,8,10,14-17H2,1-2H3/t19?,24-/m0/s1. The van der Waals surface area contributed by atoms with Gasteiger partial charge >= 0.3 is 0 Å². The van der Waals surface area contributed by atoms with E-state index in [9.17, 15) is 9.50 Å². The monoisotopic (exact) mass is 401 g/mol. The Kier molecular flexibility index (Phi) is 7.64. The quantitative estimate of drug-likeness (QED) is 0.585. The summed E-state index contributed by atoms with van der Waals surface area (Å²) in [5, 5.41) is 15.3. The van der Waals surface area contributed by atoms with E-state index < -0.39 is 11.4 Å². The van der Waals surface area contributed by atoms with E-state index in [0.29, 0.717) is 30.9 Å². The molecular formula is C24H32FNO3. The van der Waals surface area contributed by atoms with Crippen molar-refractivity contribution in [1.82, 2.24) is 5.32 Å². The highest BCUT2D eigenvalue weighted by atomic mass is 19.1. The van der Waals surface area contributed by atoms with Crippen molar-refractivity contribution in [3.63, 3.8) is 0 Å². The number of piperidine rings is 1. The number of benzene rings is 2. The molecule has 158 valence electrons. The predicted molar refractivity (Wildman–Crippen MR) is 113 cm³/mol. The van der Waals surface area contributed by atoms with E-state index in [4.69, 9.17) is 9.47 Å². The van der Waals surface area contributed by atoms with Crippen molar-refractivity contribution >= 4 is 0 Å². The van der Waals surface area contributed by atoms with Crippen LogP contribution in [0.3, 0.4) is 0 Å².